The maximum absolute atomic E-state index is 13.0. The second kappa shape index (κ2) is 9.49. The molecule has 33 heavy (non-hydrogen) atoms. The van der Waals surface area contributed by atoms with Crippen molar-refractivity contribution in [3.8, 4) is 5.82 Å². The molecule has 1 aromatic carbocycles. The molecular formula is C22H29N9O2. The summed E-state index contributed by atoms with van der Waals surface area (Å²) in [5, 5.41) is 19.8. The van der Waals surface area contributed by atoms with E-state index in [0.29, 0.717) is 18.2 Å². The Morgan fingerprint density at radius 1 is 1.24 bits per heavy atom. The predicted molar refractivity (Wildman–Crippen MR) is 123 cm³/mol. The van der Waals surface area contributed by atoms with Crippen LogP contribution in [0, 0.1) is 26.7 Å². The molecule has 1 fully saturated rings. The Hall–Kier alpha value is -3.60. The summed E-state index contributed by atoms with van der Waals surface area (Å²) >= 11 is 0. The Labute approximate surface area is 192 Å². The fourth-order valence-electron chi connectivity index (χ4n) is 4.16. The van der Waals surface area contributed by atoms with Crippen LogP contribution in [0.5, 0.6) is 0 Å². The first-order valence-corrected chi connectivity index (χ1v) is 11.0. The number of nitrogen functional groups attached to an aromatic ring is 1. The van der Waals surface area contributed by atoms with Crippen molar-refractivity contribution in [2.45, 2.75) is 47.1 Å². The van der Waals surface area contributed by atoms with Crippen LogP contribution in [0.15, 0.2) is 21.9 Å². The van der Waals surface area contributed by atoms with Gasteiger partial charge in [-0.15, -0.1) is 5.10 Å². The first-order valence-electron chi connectivity index (χ1n) is 11.0. The summed E-state index contributed by atoms with van der Waals surface area (Å²) in [6, 6.07) is 4.16. The van der Waals surface area contributed by atoms with Crippen LogP contribution in [-0.2, 0) is 6.54 Å². The molecule has 2 aromatic heterocycles. The molecule has 0 saturated carbocycles. The third kappa shape index (κ3) is 4.92. The van der Waals surface area contributed by atoms with Gasteiger partial charge in [0.1, 0.15) is 0 Å². The van der Waals surface area contributed by atoms with Gasteiger partial charge in [-0.3, -0.25) is 9.69 Å². The van der Waals surface area contributed by atoms with Gasteiger partial charge in [-0.05, 0) is 74.1 Å². The second-order valence-corrected chi connectivity index (χ2v) is 8.74. The van der Waals surface area contributed by atoms with Gasteiger partial charge in [-0.2, -0.15) is 9.78 Å². The van der Waals surface area contributed by atoms with Gasteiger partial charge in [0, 0.05) is 12.1 Å². The molecule has 0 aliphatic carbocycles. The summed E-state index contributed by atoms with van der Waals surface area (Å²) in [7, 11) is 0. The lowest BCUT2D eigenvalue weighted by Gasteiger charge is -2.30. The van der Waals surface area contributed by atoms with Gasteiger partial charge in [-0.25, -0.2) is 10.1 Å². The predicted octanol–water partition coefficient (Wildman–Crippen LogP) is 2.15. The van der Waals surface area contributed by atoms with Crippen molar-refractivity contribution in [1.82, 2.24) is 35.6 Å². The number of aryl methyl sites for hydroxylation is 3. The second-order valence-electron chi connectivity index (χ2n) is 8.74. The number of piperidine rings is 1. The Balaban J connectivity index is 1.58. The number of benzene rings is 1. The maximum atomic E-state index is 13.0. The number of likely N-dealkylation sites (tertiary alicyclic amines) is 1. The lowest BCUT2D eigenvalue weighted by Crippen LogP contribution is -2.34. The number of amides is 1. The summed E-state index contributed by atoms with van der Waals surface area (Å²) < 4.78 is 6.14. The van der Waals surface area contributed by atoms with E-state index in [1.54, 1.807) is 6.21 Å². The first-order chi connectivity index (χ1) is 15.8. The maximum Gasteiger partial charge on any atom is 0.293 e. The molecule has 11 heteroatoms. The molecule has 0 bridgehead atoms. The minimum atomic E-state index is -0.463. The minimum Gasteiger partial charge on any atom is -0.378 e. The van der Waals surface area contributed by atoms with Gasteiger partial charge >= 0.3 is 0 Å². The van der Waals surface area contributed by atoms with Crippen molar-refractivity contribution in [2.75, 3.05) is 18.8 Å². The van der Waals surface area contributed by atoms with Gasteiger partial charge in [-0.1, -0.05) is 29.8 Å². The monoisotopic (exact) mass is 451 g/mol. The summed E-state index contributed by atoms with van der Waals surface area (Å²) in [6.07, 6.45) is 3.84. The quantitative estimate of drug-likeness (QED) is 0.429. The number of hydrazone groups is 1. The molecule has 1 aliphatic heterocycles. The molecular weight excluding hydrogens is 422 g/mol. The van der Waals surface area contributed by atoms with Gasteiger partial charge in [0.2, 0.25) is 11.6 Å². The number of nitrogens with one attached hydrogen (secondary N) is 1. The van der Waals surface area contributed by atoms with E-state index < -0.39 is 5.91 Å². The van der Waals surface area contributed by atoms with Crippen molar-refractivity contribution >= 4 is 17.9 Å². The third-order valence-corrected chi connectivity index (χ3v) is 6.02. The number of carbonyl (C=O) groups excluding carboxylic acids is 1. The van der Waals surface area contributed by atoms with E-state index in [1.807, 2.05) is 20.8 Å². The average Bonchev–Trinajstić information content (AvgIpc) is 3.37. The Morgan fingerprint density at radius 2 is 1.94 bits per heavy atom. The topological polar surface area (TPSA) is 140 Å². The van der Waals surface area contributed by atoms with Crippen LogP contribution < -0.4 is 11.2 Å². The van der Waals surface area contributed by atoms with Crippen LogP contribution in [0.2, 0.25) is 0 Å². The summed E-state index contributed by atoms with van der Waals surface area (Å²) in [5.41, 5.74) is 13.5. The van der Waals surface area contributed by atoms with Crippen molar-refractivity contribution in [3.63, 3.8) is 0 Å². The number of rotatable bonds is 6. The molecule has 3 N–H and O–H groups in total. The molecule has 0 atom stereocenters. The molecule has 174 valence electrons. The average molecular weight is 452 g/mol. The number of carbonyl (C=O) groups is 1. The van der Waals surface area contributed by atoms with Gasteiger partial charge < -0.3 is 5.73 Å². The van der Waals surface area contributed by atoms with Crippen LogP contribution in [0.25, 0.3) is 5.82 Å². The number of nitrogens with two attached hydrogens (primary N) is 1. The highest BCUT2D eigenvalue weighted by Crippen LogP contribution is 2.22. The molecule has 1 aliphatic rings. The van der Waals surface area contributed by atoms with E-state index in [-0.39, 0.29) is 17.3 Å². The zero-order valence-corrected chi connectivity index (χ0v) is 19.4. The highest BCUT2D eigenvalue weighted by Gasteiger charge is 2.26. The van der Waals surface area contributed by atoms with Crippen molar-refractivity contribution in [3.05, 3.63) is 45.8 Å². The van der Waals surface area contributed by atoms with Gasteiger partial charge in [0.05, 0.1) is 11.9 Å². The summed E-state index contributed by atoms with van der Waals surface area (Å²) in [6.45, 7) is 10.6. The molecule has 0 radical (unpaired) electrons. The van der Waals surface area contributed by atoms with E-state index in [2.05, 4.69) is 55.1 Å². The molecule has 0 spiro atoms. The lowest BCUT2D eigenvalue weighted by molar-refractivity contribution is 0.0947. The van der Waals surface area contributed by atoms with Crippen molar-refractivity contribution in [1.29, 1.82) is 0 Å². The third-order valence-electron chi connectivity index (χ3n) is 6.02. The number of hydrogen-bond acceptors (Lipinski definition) is 9. The van der Waals surface area contributed by atoms with E-state index >= 15 is 0 Å². The van der Waals surface area contributed by atoms with E-state index in [4.69, 9.17) is 10.4 Å². The van der Waals surface area contributed by atoms with Crippen LogP contribution in [0.3, 0.4) is 0 Å². The van der Waals surface area contributed by atoms with E-state index in [9.17, 15) is 4.79 Å². The molecule has 11 nitrogen and oxygen atoms in total. The van der Waals surface area contributed by atoms with Crippen LogP contribution >= 0.6 is 0 Å². The molecule has 0 unspecified atom stereocenters. The fraction of sp³-hybridized carbons (Fsp3) is 0.455. The summed E-state index contributed by atoms with van der Waals surface area (Å²) in [5.74, 6) is 0.501. The summed E-state index contributed by atoms with van der Waals surface area (Å²) in [4.78, 5) is 15.3. The van der Waals surface area contributed by atoms with E-state index in [0.717, 1.165) is 42.6 Å². The van der Waals surface area contributed by atoms with Crippen LogP contribution in [0.1, 0.15) is 58.2 Å². The van der Waals surface area contributed by atoms with Crippen molar-refractivity contribution < 1.29 is 9.42 Å². The molecule has 4 rings (SSSR count). The number of aromatic nitrogens is 5. The zero-order chi connectivity index (χ0) is 23.5. The Kier molecular flexibility index (Phi) is 6.50. The highest BCUT2D eigenvalue weighted by atomic mass is 16.6. The van der Waals surface area contributed by atoms with Crippen molar-refractivity contribution in [2.24, 2.45) is 11.0 Å². The van der Waals surface area contributed by atoms with E-state index in [1.165, 1.54) is 10.2 Å². The minimum absolute atomic E-state index is 0.0729. The van der Waals surface area contributed by atoms with Gasteiger partial charge in [0.25, 0.3) is 5.91 Å². The molecule has 1 saturated heterocycles. The first kappa shape index (κ1) is 22.6. The SMILES string of the molecule is Cc1cc(C)c(/C=N/NC(=O)c2nnn(-c3nonc3N)c2CN2CCC(C)CC2)c(C)c1. The largest absolute Gasteiger partial charge is 0.378 e. The van der Waals surface area contributed by atoms with Crippen LogP contribution in [-0.4, -0.2) is 55.4 Å². The standard InChI is InChI=1S/C22H29N9O2/c1-13-5-7-30(8-6-13)12-18-19(25-29-31(18)21-20(23)27-33-28-21)22(32)26-24-11-17-15(3)9-14(2)10-16(17)4/h9-11,13H,5-8,12H2,1-4H3,(H2,23,27)(H,26,32)/b24-11+. The molecule has 3 heterocycles. The van der Waals surface area contributed by atoms with Crippen LogP contribution in [0.4, 0.5) is 5.82 Å². The number of nitrogens with zero attached hydrogens (tertiary/aromatic N) is 7. The Bertz CT molecular complexity index is 1150. The molecule has 1 amide bonds. The highest BCUT2D eigenvalue weighted by molar-refractivity contribution is 5.94. The zero-order valence-electron chi connectivity index (χ0n) is 19.4. The molecule has 3 aromatic rings. The normalized spacial score (nSPS) is 15.4. The Morgan fingerprint density at radius 3 is 2.58 bits per heavy atom. The lowest BCUT2D eigenvalue weighted by atomic mass is 9.99. The smallest absolute Gasteiger partial charge is 0.293 e. The fourth-order valence-corrected chi connectivity index (χ4v) is 4.16. The van der Waals surface area contributed by atoms with Gasteiger partial charge in [0.15, 0.2) is 5.69 Å². The number of anilines is 1. The number of hydrogen-bond donors (Lipinski definition) is 2.